The van der Waals surface area contributed by atoms with E-state index in [1.54, 1.807) is 29.7 Å². The lowest BCUT2D eigenvalue weighted by Gasteiger charge is -2.17. The molecule has 6 heteroatoms. The Bertz CT molecular complexity index is 1370. The number of aromatic nitrogens is 2. The molecule has 0 spiro atoms. The van der Waals surface area contributed by atoms with Crippen LogP contribution in [0, 0.1) is 11.7 Å². The highest BCUT2D eigenvalue weighted by molar-refractivity contribution is 7.16. The summed E-state index contributed by atoms with van der Waals surface area (Å²) in [6, 6.07) is 16.8. The molecule has 32 heavy (non-hydrogen) atoms. The molecular formula is C26H19FN2O2S. The van der Waals surface area contributed by atoms with Crippen LogP contribution in [0.4, 0.5) is 4.39 Å². The summed E-state index contributed by atoms with van der Waals surface area (Å²) < 4.78 is 16.0. The van der Waals surface area contributed by atoms with Crippen LogP contribution >= 0.6 is 11.3 Å². The molecule has 1 fully saturated rings. The van der Waals surface area contributed by atoms with Crippen molar-refractivity contribution in [3.05, 3.63) is 101 Å². The van der Waals surface area contributed by atoms with Gasteiger partial charge in [-0.3, -0.25) is 4.98 Å². The van der Waals surface area contributed by atoms with Crippen LogP contribution in [0.15, 0.2) is 72.4 Å². The van der Waals surface area contributed by atoms with Gasteiger partial charge in [-0.2, -0.15) is 0 Å². The molecule has 0 bridgehead atoms. The first-order chi connectivity index (χ1) is 15.6. The third kappa shape index (κ3) is 4.09. The van der Waals surface area contributed by atoms with Gasteiger partial charge in [0.1, 0.15) is 11.5 Å². The predicted octanol–water partition coefficient (Wildman–Crippen LogP) is 6.30. The number of aliphatic carboxylic acids is 1. The minimum atomic E-state index is -0.993. The van der Waals surface area contributed by atoms with Gasteiger partial charge in [-0.25, -0.2) is 14.2 Å². The van der Waals surface area contributed by atoms with E-state index in [2.05, 4.69) is 16.0 Å². The maximum atomic E-state index is 14.9. The van der Waals surface area contributed by atoms with Crippen LogP contribution in [-0.4, -0.2) is 21.0 Å². The van der Waals surface area contributed by atoms with E-state index >= 15 is 0 Å². The first-order valence-electron chi connectivity index (χ1n) is 10.3. The summed E-state index contributed by atoms with van der Waals surface area (Å²) in [5, 5.41) is 8.89. The highest BCUT2D eigenvalue weighted by Crippen LogP contribution is 2.47. The van der Waals surface area contributed by atoms with Gasteiger partial charge < -0.3 is 5.11 Å². The number of hydrogen-bond acceptors (Lipinski definition) is 4. The maximum absolute atomic E-state index is 14.9. The average molecular weight is 443 g/mol. The van der Waals surface area contributed by atoms with Gasteiger partial charge >= 0.3 is 5.97 Å². The first-order valence-corrected chi connectivity index (χ1v) is 11.2. The fourth-order valence-electron chi connectivity index (χ4n) is 3.89. The van der Waals surface area contributed by atoms with Crippen molar-refractivity contribution in [2.75, 3.05) is 0 Å². The number of rotatable bonds is 6. The maximum Gasteiger partial charge on any atom is 0.328 e. The third-order valence-corrected chi connectivity index (χ3v) is 6.32. The van der Waals surface area contributed by atoms with E-state index in [0.717, 1.165) is 57.0 Å². The van der Waals surface area contributed by atoms with E-state index in [9.17, 15) is 9.18 Å². The van der Waals surface area contributed by atoms with Gasteiger partial charge in [-0.1, -0.05) is 30.3 Å². The Morgan fingerprint density at radius 3 is 2.56 bits per heavy atom. The summed E-state index contributed by atoms with van der Waals surface area (Å²) in [5.74, 6) is -1.08. The lowest BCUT2D eigenvalue weighted by molar-refractivity contribution is -0.131. The van der Waals surface area contributed by atoms with Crippen LogP contribution < -0.4 is 0 Å². The van der Waals surface area contributed by atoms with Crippen molar-refractivity contribution in [3.63, 3.8) is 0 Å². The number of allylic oxidation sites excluding steroid dienone is 1. The first kappa shape index (κ1) is 20.3. The molecule has 0 saturated heterocycles. The van der Waals surface area contributed by atoms with Gasteiger partial charge in [0.25, 0.3) is 0 Å². The Kier molecular flexibility index (Phi) is 5.37. The molecular weight excluding hydrogens is 423 g/mol. The summed E-state index contributed by atoms with van der Waals surface area (Å²) in [6.07, 6.45) is 6.28. The van der Waals surface area contributed by atoms with E-state index in [-0.39, 0.29) is 11.7 Å². The Hall–Kier alpha value is -3.64. The smallest absolute Gasteiger partial charge is 0.328 e. The van der Waals surface area contributed by atoms with Gasteiger partial charge in [0.2, 0.25) is 0 Å². The van der Waals surface area contributed by atoms with Gasteiger partial charge in [0, 0.05) is 12.3 Å². The van der Waals surface area contributed by atoms with Crippen LogP contribution in [-0.2, 0) is 4.79 Å². The molecule has 0 aliphatic heterocycles. The Labute approximate surface area is 188 Å². The van der Waals surface area contributed by atoms with Gasteiger partial charge in [-0.05, 0) is 76.9 Å². The zero-order valence-electron chi connectivity index (χ0n) is 17.0. The lowest BCUT2D eigenvalue weighted by Crippen LogP contribution is -2.02. The van der Waals surface area contributed by atoms with Gasteiger partial charge in [-0.15, -0.1) is 11.3 Å². The number of fused-ring (bicyclic) bond motifs is 1. The molecule has 2 aromatic heterocycles. The zero-order chi connectivity index (χ0) is 22.1. The number of hydrogen-bond donors (Lipinski definition) is 1. The zero-order valence-corrected chi connectivity index (χ0v) is 17.8. The lowest BCUT2D eigenvalue weighted by atomic mass is 9.88. The van der Waals surface area contributed by atoms with E-state index in [1.807, 2.05) is 41.9 Å². The van der Waals surface area contributed by atoms with Crippen LogP contribution in [0.25, 0.3) is 27.4 Å². The Morgan fingerprint density at radius 2 is 1.84 bits per heavy atom. The molecule has 1 aliphatic carbocycles. The number of thiazole rings is 1. The minimum Gasteiger partial charge on any atom is -0.478 e. The number of nitrogens with zero attached hydrogens (tertiary/aromatic N) is 2. The molecule has 0 amide bonds. The molecule has 0 unspecified atom stereocenters. The summed E-state index contributed by atoms with van der Waals surface area (Å²) in [4.78, 5) is 19.7. The summed E-state index contributed by atoms with van der Waals surface area (Å²) >= 11 is 1.58. The molecule has 0 radical (unpaired) electrons. The minimum absolute atomic E-state index is 0.243. The fraction of sp³-hybridized carbons (Fsp3) is 0.115. The van der Waals surface area contributed by atoms with Crippen molar-refractivity contribution in [1.82, 2.24) is 9.97 Å². The fourth-order valence-corrected chi connectivity index (χ4v) is 4.55. The highest BCUT2D eigenvalue weighted by atomic mass is 32.1. The normalized spacial score (nSPS) is 14.7. The second-order valence-electron chi connectivity index (χ2n) is 7.73. The highest BCUT2D eigenvalue weighted by Gasteiger charge is 2.33. The quantitative estimate of drug-likeness (QED) is 0.356. The van der Waals surface area contributed by atoms with Crippen LogP contribution in [0.1, 0.15) is 35.2 Å². The van der Waals surface area contributed by atoms with E-state index < -0.39 is 5.97 Å². The van der Waals surface area contributed by atoms with Crippen molar-refractivity contribution < 1.29 is 14.3 Å². The van der Waals surface area contributed by atoms with E-state index in [4.69, 9.17) is 5.11 Å². The summed E-state index contributed by atoms with van der Waals surface area (Å²) in [7, 11) is 0. The molecule has 4 nitrogen and oxygen atoms in total. The summed E-state index contributed by atoms with van der Waals surface area (Å²) in [5.41, 5.74) is 7.63. The molecule has 0 atom stereocenters. The Morgan fingerprint density at radius 1 is 1.06 bits per heavy atom. The monoisotopic (exact) mass is 442 g/mol. The van der Waals surface area contributed by atoms with Crippen molar-refractivity contribution in [2.24, 2.45) is 5.92 Å². The van der Waals surface area contributed by atoms with Crippen LogP contribution in [0.3, 0.4) is 0 Å². The molecule has 2 aromatic carbocycles. The number of halogens is 1. The third-order valence-electron chi connectivity index (χ3n) is 5.51. The van der Waals surface area contributed by atoms with Crippen LogP contribution in [0.2, 0.25) is 0 Å². The second kappa shape index (κ2) is 8.48. The van der Waals surface area contributed by atoms with E-state index in [1.165, 1.54) is 6.07 Å². The SMILES string of the molecule is O=C(O)/C=C/c1ccc(/C(=C(\c2ncccc2F)C2CC2)c2ccc3scnc3c2)cc1. The number of carboxylic acids is 1. The largest absolute Gasteiger partial charge is 0.478 e. The van der Waals surface area contributed by atoms with Crippen molar-refractivity contribution >= 4 is 44.7 Å². The predicted molar refractivity (Wildman–Crippen MR) is 126 cm³/mol. The average Bonchev–Trinajstić information content (AvgIpc) is 3.53. The molecule has 2 heterocycles. The van der Waals surface area contributed by atoms with Crippen molar-refractivity contribution in [3.8, 4) is 0 Å². The van der Waals surface area contributed by atoms with Crippen molar-refractivity contribution in [1.29, 1.82) is 0 Å². The van der Waals surface area contributed by atoms with Gasteiger partial charge in [0.05, 0.1) is 15.7 Å². The standard InChI is InChI=1S/C26H19FN2O2S/c27-20-2-1-13-28-26(20)25(18-8-9-18)24(19-10-11-22-21(14-19)29-15-32-22)17-6-3-16(4-7-17)5-12-23(30)31/h1-7,10-15,18H,8-9H2,(H,30,31)/b12-5+,25-24+. The second-order valence-corrected chi connectivity index (χ2v) is 8.61. The topological polar surface area (TPSA) is 63.1 Å². The summed E-state index contributed by atoms with van der Waals surface area (Å²) in [6.45, 7) is 0. The van der Waals surface area contributed by atoms with Crippen LogP contribution in [0.5, 0.6) is 0 Å². The number of carboxylic acid groups (broad SMARTS) is 1. The Balaban J connectivity index is 1.73. The number of benzene rings is 2. The number of pyridine rings is 1. The van der Waals surface area contributed by atoms with Crippen molar-refractivity contribution in [2.45, 2.75) is 12.8 Å². The molecule has 5 rings (SSSR count). The number of carbonyl (C=O) groups is 1. The molecule has 1 saturated carbocycles. The molecule has 1 N–H and O–H groups in total. The molecule has 158 valence electrons. The molecule has 1 aliphatic rings. The van der Waals surface area contributed by atoms with Gasteiger partial charge in [0.15, 0.2) is 0 Å². The van der Waals surface area contributed by atoms with E-state index in [0.29, 0.717) is 5.69 Å². The molecule has 4 aromatic rings.